The third-order valence-electron chi connectivity index (χ3n) is 5.87. The predicted octanol–water partition coefficient (Wildman–Crippen LogP) is 5.05. The lowest BCUT2D eigenvalue weighted by atomic mass is 9.78. The Morgan fingerprint density at radius 2 is 1.83 bits per heavy atom. The molecule has 5 rings (SSSR count). The molecule has 0 atom stereocenters. The molecule has 0 spiro atoms. The molecule has 2 aromatic heterocycles. The van der Waals surface area contributed by atoms with E-state index in [1.54, 1.807) is 30.5 Å². The van der Waals surface area contributed by atoms with Gasteiger partial charge in [-0.05, 0) is 42.7 Å². The van der Waals surface area contributed by atoms with Crippen LogP contribution in [0.3, 0.4) is 0 Å². The zero-order valence-electron chi connectivity index (χ0n) is 16.3. The van der Waals surface area contributed by atoms with Gasteiger partial charge < -0.3 is 14.8 Å². The van der Waals surface area contributed by atoms with Gasteiger partial charge in [0.25, 0.3) is 0 Å². The van der Waals surface area contributed by atoms with Crippen molar-refractivity contribution in [3.8, 4) is 17.2 Å². The molecule has 0 saturated heterocycles. The number of aromatic hydroxyl groups is 1. The van der Waals surface area contributed by atoms with Crippen LogP contribution in [0.5, 0.6) is 5.75 Å². The molecule has 2 heterocycles. The minimum Gasteiger partial charge on any atom is -0.507 e. The van der Waals surface area contributed by atoms with Crippen LogP contribution in [0.1, 0.15) is 31.2 Å². The molecule has 2 aromatic carbocycles. The summed E-state index contributed by atoms with van der Waals surface area (Å²) < 4.78 is 5.69. The first-order chi connectivity index (χ1) is 14.7. The number of oxazole rings is 1. The number of carbonyl (C=O) groups is 1. The van der Waals surface area contributed by atoms with Crippen molar-refractivity contribution in [3.63, 3.8) is 0 Å². The summed E-state index contributed by atoms with van der Waals surface area (Å²) in [6.07, 6.45) is 5.33. The normalized spacial score (nSPS) is 15.3. The van der Waals surface area contributed by atoms with Crippen molar-refractivity contribution in [3.05, 3.63) is 72.4 Å². The second-order valence-corrected chi connectivity index (χ2v) is 7.69. The summed E-state index contributed by atoms with van der Waals surface area (Å²) in [5.74, 6) is 0.236. The molecule has 2 N–H and O–H groups in total. The Hall–Kier alpha value is -3.67. The predicted molar refractivity (Wildman–Crippen MR) is 114 cm³/mol. The summed E-state index contributed by atoms with van der Waals surface area (Å²) in [5.41, 5.74) is 2.54. The third kappa shape index (κ3) is 3.10. The second-order valence-electron chi connectivity index (χ2n) is 7.69. The number of benzene rings is 2. The zero-order chi connectivity index (χ0) is 20.6. The van der Waals surface area contributed by atoms with Crippen LogP contribution in [0.4, 0.5) is 5.69 Å². The van der Waals surface area contributed by atoms with Crippen LogP contribution in [0.15, 0.2) is 71.3 Å². The lowest BCUT2D eigenvalue weighted by molar-refractivity contribution is -0.121. The SMILES string of the molecule is O=C(Nc1ccc(-c2nc3ncccc3o2)c(O)c1)C1(c2ccccc2)CCCC1. The van der Waals surface area contributed by atoms with Crippen LogP contribution >= 0.6 is 0 Å². The molecule has 30 heavy (non-hydrogen) atoms. The highest BCUT2D eigenvalue weighted by Gasteiger charge is 2.42. The molecule has 6 nitrogen and oxygen atoms in total. The number of hydrogen-bond acceptors (Lipinski definition) is 5. The van der Waals surface area contributed by atoms with Crippen molar-refractivity contribution in [1.82, 2.24) is 9.97 Å². The molecule has 6 heteroatoms. The number of rotatable bonds is 4. The largest absolute Gasteiger partial charge is 0.507 e. The fourth-order valence-electron chi connectivity index (χ4n) is 4.31. The van der Waals surface area contributed by atoms with E-state index in [9.17, 15) is 9.90 Å². The molecule has 1 aliphatic carbocycles. The molecule has 150 valence electrons. The summed E-state index contributed by atoms with van der Waals surface area (Å²) in [6, 6.07) is 18.5. The number of phenols is 1. The van der Waals surface area contributed by atoms with Crippen LogP contribution in [-0.2, 0) is 10.2 Å². The number of hydrogen-bond donors (Lipinski definition) is 2. The number of fused-ring (bicyclic) bond motifs is 1. The van der Waals surface area contributed by atoms with Crippen molar-refractivity contribution in [2.24, 2.45) is 0 Å². The number of anilines is 1. The number of phenolic OH excluding ortho intramolecular Hbond substituents is 1. The first-order valence-electron chi connectivity index (χ1n) is 10.1. The maximum Gasteiger partial charge on any atom is 0.235 e. The van der Waals surface area contributed by atoms with E-state index in [1.807, 2.05) is 30.3 Å². The van der Waals surface area contributed by atoms with E-state index in [1.165, 1.54) is 6.07 Å². The quantitative estimate of drug-likeness (QED) is 0.502. The highest BCUT2D eigenvalue weighted by atomic mass is 16.4. The van der Waals surface area contributed by atoms with Crippen molar-refractivity contribution >= 4 is 22.8 Å². The minimum absolute atomic E-state index is 0.0143. The van der Waals surface area contributed by atoms with Crippen molar-refractivity contribution < 1.29 is 14.3 Å². The van der Waals surface area contributed by atoms with Gasteiger partial charge in [-0.1, -0.05) is 43.2 Å². The Bertz CT molecular complexity index is 1180. The minimum atomic E-state index is -0.526. The van der Waals surface area contributed by atoms with E-state index in [2.05, 4.69) is 15.3 Å². The van der Waals surface area contributed by atoms with Crippen LogP contribution in [0, 0.1) is 0 Å². The van der Waals surface area contributed by atoms with Crippen molar-refractivity contribution in [1.29, 1.82) is 0 Å². The summed E-state index contributed by atoms with van der Waals surface area (Å²) in [5, 5.41) is 13.6. The lowest BCUT2D eigenvalue weighted by Gasteiger charge is -2.28. The summed E-state index contributed by atoms with van der Waals surface area (Å²) in [6.45, 7) is 0. The van der Waals surface area contributed by atoms with Gasteiger partial charge in [0, 0.05) is 18.0 Å². The number of nitrogens with zero attached hydrogens (tertiary/aromatic N) is 2. The topological polar surface area (TPSA) is 88.3 Å². The van der Waals surface area contributed by atoms with Crippen molar-refractivity contribution in [2.45, 2.75) is 31.1 Å². The van der Waals surface area contributed by atoms with Crippen LogP contribution < -0.4 is 5.32 Å². The van der Waals surface area contributed by atoms with Gasteiger partial charge in [-0.15, -0.1) is 0 Å². The van der Waals surface area contributed by atoms with Crippen LogP contribution in [0.25, 0.3) is 22.7 Å². The molecule has 0 bridgehead atoms. The Morgan fingerprint density at radius 3 is 2.57 bits per heavy atom. The van der Waals surface area contributed by atoms with E-state index in [0.29, 0.717) is 22.5 Å². The van der Waals surface area contributed by atoms with Gasteiger partial charge in [-0.2, -0.15) is 4.98 Å². The van der Waals surface area contributed by atoms with E-state index in [4.69, 9.17) is 4.42 Å². The maximum absolute atomic E-state index is 13.3. The van der Waals surface area contributed by atoms with E-state index >= 15 is 0 Å². The summed E-state index contributed by atoms with van der Waals surface area (Å²) in [4.78, 5) is 21.8. The smallest absolute Gasteiger partial charge is 0.235 e. The molecule has 0 aliphatic heterocycles. The number of aromatic nitrogens is 2. The molecule has 0 unspecified atom stereocenters. The Morgan fingerprint density at radius 1 is 1.03 bits per heavy atom. The second kappa shape index (κ2) is 7.30. The molecule has 1 fully saturated rings. The van der Waals surface area contributed by atoms with E-state index in [0.717, 1.165) is 31.2 Å². The highest BCUT2D eigenvalue weighted by Crippen LogP contribution is 2.42. The fraction of sp³-hybridized carbons (Fsp3) is 0.208. The van der Waals surface area contributed by atoms with Gasteiger partial charge in [-0.3, -0.25) is 4.79 Å². The standard InChI is InChI=1S/C24H21N3O3/c28-19-15-17(10-11-18(19)22-27-21-20(30-22)9-6-14-25-21)26-23(29)24(12-4-5-13-24)16-7-2-1-3-8-16/h1-3,6-11,14-15,28H,4-5,12-13H2,(H,26,29). The van der Waals surface area contributed by atoms with Gasteiger partial charge in [-0.25, -0.2) is 4.98 Å². The lowest BCUT2D eigenvalue weighted by Crippen LogP contribution is -2.37. The molecule has 4 aromatic rings. The number of carbonyl (C=O) groups excluding carboxylic acids is 1. The third-order valence-corrected chi connectivity index (χ3v) is 5.87. The maximum atomic E-state index is 13.3. The van der Waals surface area contributed by atoms with Gasteiger partial charge in [0.1, 0.15) is 5.75 Å². The monoisotopic (exact) mass is 399 g/mol. The number of nitrogens with one attached hydrogen (secondary N) is 1. The molecule has 1 aliphatic rings. The Kier molecular flexibility index (Phi) is 4.47. The Labute approximate surface area is 173 Å². The highest BCUT2D eigenvalue weighted by molar-refractivity contribution is 5.99. The average molecular weight is 399 g/mol. The fourth-order valence-corrected chi connectivity index (χ4v) is 4.31. The molecular formula is C24H21N3O3. The van der Waals surface area contributed by atoms with Crippen molar-refractivity contribution in [2.75, 3.05) is 5.32 Å². The summed E-state index contributed by atoms with van der Waals surface area (Å²) in [7, 11) is 0. The van der Waals surface area contributed by atoms with Gasteiger partial charge >= 0.3 is 0 Å². The number of pyridine rings is 1. The zero-order valence-corrected chi connectivity index (χ0v) is 16.3. The van der Waals surface area contributed by atoms with Gasteiger partial charge in [0.2, 0.25) is 11.8 Å². The molecule has 1 saturated carbocycles. The molecular weight excluding hydrogens is 378 g/mol. The van der Waals surface area contributed by atoms with E-state index in [-0.39, 0.29) is 17.5 Å². The van der Waals surface area contributed by atoms with Gasteiger partial charge in [0.05, 0.1) is 11.0 Å². The number of amides is 1. The summed E-state index contributed by atoms with van der Waals surface area (Å²) >= 11 is 0. The Balaban J connectivity index is 1.42. The average Bonchev–Trinajstić information content (AvgIpc) is 3.42. The van der Waals surface area contributed by atoms with Crippen LogP contribution in [0.2, 0.25) is 0 Å². The first kappa shape index (κ1) is 18.4. The molecule has 0 radical (unpaired) electrons. The first-order valence-corrected chi connectivity index (χ1v) is 10.1. The molecule has 1 amide bonds. The van der Waals surface area contributed by atoms with Crippen LogP contribution in [-0.4, -0.2) is 21.0 Å². The van der Waals surface area contributed by atoms with E-state index < -0.39 is 5.41 Å². The van der Waals surface area contributed by atoms with Gasteiger partial charge in [0.15, 0.2) is 11.2 Å².